The van der Waals surface area contributed by atoms with Gasteiger partial charge in [-0.1, -0.05) is 6.07 Å². The molecule has 0 bridgehead atoms. The Bertz CT molecular complexity index is 593. The maximum absolute atomic E-state index is 12.3. The fourth-order valence-corrected chi connectivity index (χ4v) is 3.21. The van der Waals surface area contributed by atoms with Crippen LogP contribution in [0.15, 0.2) is 18.2 Å². The molecule has 6 nitrogen and oxygen atoms in total. The highest BCUT2D eigenvalue weighted by molar-refractivity contribution is 6.39. The molecule has 0 atom stereocenters. The Hall–Kier alpha value is -1.92. The predicted molar refractivity (Wildman–Crippen MR) is 85.0 cm³/mol. The standard InChI is InChI=1S/C17H22N2O4/c1-12-9-13(2)11-14(10-12)18-15(20)16(21)19-5-3-17(4-6-19)22-7-8-23-17/h9-11H,3-8H2,1-2H3,(H,18,20). The summed E-state index contributed by atoms with van der Waals surface area (Å²) in [4.78, 5) is 26.1. The van der Waals surface area contributed by atoms with Crippen LogP contribution in [0.1, 0.15) is 24.0 Å². The van der Waals surface area contributed by atoms with Gasteiger partial charge >= 0.3 is 11.8 Å². The van der Waals surface area contributed by atoms with E-state index in [-0.39, 0.29) is 0 Å². The Morgan fingerprint density at radius 3 is 2.17 bits per heavy atom. The van der Waals surface area contributed by atoms with Crippen molar-refractivity contribution in [1.82, 2.24) is 4.90 Å². The molecule has 2 aliphatic heterocycles. The minimum atomic E-state index is -0.598. The molecule has 1 aromatic rings. The molecular formula is C17H22N2O4. The molecule has 0 aliphatic carbocycles. The SMILES string of the molecule is Cc1cc(C)cc(NC(=O)C(=O)N2CCC3(CC2)OCCO3)c1. The largest absolute Gasteiger partial charge is 0.347 e. The number of nitrogens with one attached hydrogen (secondary N) is 1. The highest BCUT2D eigenvalue weighted by Crippen LogP contribution is 2.31. The average Bonchev–Trinajstić information content (AvgIpc) is 2.94. The van der Waals surface area contributed by atoms with Gasteiger partial charge in [0, 0.05) is 31.6 Å². The second-order valence-corrected chi connectivity index (χ2v) is 6.23. The van der Waals surface area contributed by atoms with Crippen LogP contribution in [-0.2, 0) is 19.1 Å². The van der Waals surface area contributed by atoms with Crippen LogP contribution in [0.5, 0.6) is 0 Å². The molecule has 1 spiro atoms. The molecule has 2 heterocycles. The number of amides is 2. The quantitative estimate of drug-likeness (QED) is 0.799. The first-order chi connectivity index (χ1) is 11.0. The molecule has 23 heavy (non-hydrogen) atoms. The summed E-state index contributed by atoms with van der Waals surface area (Å²) >= 11 is 0. The third-order valence-electron chi connectivity index (χ3n) is 4.30. The number of carbonyl (C=O) groups is 2. The fraction of sp³-hybridized carbons (Fsp3) is 0.529. The zero-order valence-electron chi connectivity index (χ0n) is 13.6. The first-order valence-corrected chi connectivity index (χ1v) is 7.94. The Morgan fingerprint density at radius 1 is 1.04 bits per heavy atom. The molecule has 1 N–H and O–H groups in total. The van der Waals surface area contributed by atoms with Crippen molar-refractivity contribution >= 4 is 17.5 Å². The summed E-state index contributed by atoms with van der Waals surface area (Å²) in [5.74, 6) is -1.64. The first-order valence-electron chi connectivity index (χ1n) is 7.94. The smallest absolute Gasteiger partial charge is 0.313 e. The van der Waals surface area contributed by atoms with Gasteiger partial charge in [-0.3, -0.25) is 9.59 Å². The summed E-state index contributed by atoms with van der Waals surface area (Å²) in [6.45, 7) is 6.05. The number of aryl methyl sites for hydroxylation is 2. The molecule has 2 fully saturated rings. The Morgan fingerprint density at radius 2 is 1.61 bits per heavy atom. The maximum atomic E-state index is 12.3. The van der Waals surface area contributed by atoms with Gasteiger partial charge in [0.25, 0.3) is 0 Å². The molecule has 2 saturated heterocycles. The molecule has 3 rings (SSSR count). The molecule has 2 aliphatic rings. The number of hydrogen-bond donors (Lipinski definition) is 1. The van der Waals surface area contributed by atoms with E-state index in [0.717, 1.165) is 11.1 Å². The summed E-state index contributed by atoms with van der Waals surface area (Å²) in [6, 6.07) is 5.72. The maximum Gasteiger partial charge on any atom is 0.313 e. The highest BCUT2D eigenvalue weighted by atomic mass is 16.7. The number of nitrogens with zero attached hydrogens (tertiary/aromatic N) is 1. The number of anilines is 1. The van der Waals surface area contributed by atoms with Crippen molar-refractivity contribution in [2.24, 2.45) is 0 Å². The zero-order valence-corrected chi connectivity index (χ0v) is 13.6. The van der Waals surface area contributed by atoms with Gasteiger partial charge < -0.3 is 19.7 Å². The van der Waals surface area contributed by atoms with Crippen LogP contribution in [0.4, 0.5) is 5.69 Å². The van der Waals surface area contributed by atoms with E-state index >= 15 is 0 Å². The Kier molecular flexibility index (Phi) is 4.37. The minimum Gasteiger partial charge on any atom is -0.347 e. The van der Waals surface area contributed by atoms with E-state index in [0.29, 0.717) is 44.8 Å². The number of ether oxygens (including phenoxy) is 2. The second kappa shape index (κ2) is 6.29. The van der Waals surface area contributed by atoms with Gasteiger partial charge in [0.2, 0.25) is 0 Å². The molecule has 2 amide bonds. The summed E-state index contributed by atoms with van der Waals surface area (Å²) in [5, 5.41) is 2.69. The molecule has 0 saturated carbocycles. The van der Waals surface area contributed by atoms with Crippen molar-refractivity contribution in [3.8, 4) is 0 Å². The number of carbonyl (C=O) groups excluding carboxylic acids is 2. The fourth-order valence-electron chi connectivity index (χ4n) is 3.21. The molecule has 0 aromatic heterocycles. The van der Waals surface area contributed by atoms with Gasteiger partial charge in [0.05, 0.1) is 13.2 Å². The van der Waals surface area contributed by atoms with Crippen molar-refractivity contribution in [2.75, 3.05) is 31.6 Å². The molecule has 0 radical (unpaired) electrons. The topological polar surface area (TPSA) is 67.9 Å². The van der Waals surface area contributed by atoms with Gasteiger partial charge in [0.15, 0.2) is 5.79 Å². The molecular weight excluding hydrogens is 296 g/mol. The van der Waals surface area contributed by atoms with Crippen LogP contribution < -0.4 is 5.32 Å². The Labute approximate surface area is 135 Å². The van der Waals surface area contributed by atoms with Crippen LogP contribution >= 0.6 is 0 Å². The lowest BCUT2D eigenvalue weighted by atomic mass is 10.0. The minimum absolute atomic E-state index is 0.471. The van der Waals surface area contributed by atoms with Gasteiger partial charge in [-0.15, -0.1) is 0 Å². The van der Waals surface area contributed by atoms with Gasteiger partial charge in [-0.05, 0) is 37.1 Å². The van der Waals surface area contributed by atoms with Crippen LogP contribution in [0.25, 0.3) is 0 Å². The van der Waals surface area contributed by atoms with Crippen LogP contribution in [0.2, 0.25) is 0 Å². The lowest BCUT2D eigenvalue weighted by Gasteiger charge is -2.37. The predicted octanol–water partition coefficient (Wildman–Crippen LogP) is 1.61. The molecule has 6 heteroatoms. The molecule has 1 aromatic carbocycles. The lowest BCUT2D eigenvalue weighted by Crippen LogP contribution is -2.50. The van der Waals surface area contributed by atoms with Crippen LogP contribution in [0.3, 0.4) is 0 Å². The highest BCUT2D eigenvalue weighted by Gasteiger charge is 2.41. The van der Waals surface area contributed by atoms with E-state index in [1.54, 1.807) is 4.90 Å². The number of piperidine rings is 1. The van der Waals surface area contributed by atoms with Crippen molar-refractivity contribution in [3.63, 3.8) is 0 Å². The van der Waals surface area contributed by atoms with Crippen molar-refractivity contribution in [3.05, 3.63) is 29.3 Å². The van der Waals surface area contributed by atoms with Gasteiger partial charge in [0.1, 0.15) is 0 Å². The lowest BCUT2D eigenvalue weighted by molar-refractivity contribution is -0.187. The van der Waals surface area contributed by atoms with E-state index < -0.39 is 17.6 Å². The number of benzene rings is 1. The third-order valence-corrected chi connectivity index (χ3v) is 4.30. The summed E-state index contributed by atoms with van der Waals surface area (Å²) < 4.78 is 11.3. The van der Waals surface area contributed by atoms with Crippen LogP contribution in [-0.4, -0.2) is 48.8 Å². The third kappa shape index (κ3) is 3.54. The van der Waals surface area contributed by atoms with E-state index in [1.807, 2.05) is 32.0 Å². The Balaban J connectivity index is 1.58. The van der Waals surface area contributed by atoms with Gasteiger partial charge in [-0.25, -0.2) is 0 Å². The van der Waals surface area contributed by atoms with Crippen molar-refractivity contribution in [1.29, 1.82) is 0 Å². The summed E-state index contributed by atoms with van der Waals surface area (Å²) in [5.41, 5.74) is 2.74. The number of hydrogen-bond acceptors (Lipinski definition) is 4. The van der Waals surface area contributed by atoms with Crippen LogP contribution in [0, 0.1) is 13.8 Å². The van der Waals surface area contributed by atoms with E-state index in [4.69, 9.17) is 9.47 Å². The summed E-state index contributed by atoms with van der Waals surface area (Å²) in [7, 11) is 0. The van der Waals surface area contributed by atoms with E-state index in [9.17, 15) is 9.59 Å². The monoisotopic (exact) mass is 318 g/mol. The first kappa shape index (κ1) is 16.0. The van der Waals surface area contributed by atoms with E-state index in [1.165, 1.54) is 0 Å². The number of rotatable bonds is 1. The number of likely N-dealkylation sites (tertiary alicyclic amines) is 1. The van der Waals surface area contributed by atoms with Crippen molar-refractivity contribution < 1.29 is 19.1 Å². The van der Waals surface area contributed by atoms with E-state index in [2.05, 4.69) is 5.32 Å². The van der Waals surface area contributed by atoms with Gasteiger partial charge in [-0.2, -0.15) is 0 Å². The molecule has 0 unspecified atom stereocenters. The summed E-state index contributed by atoms with van der Waals surface area (Å²) in [6.07, 6.45) is 1.21. The normalized spacial score (nSPS) is 19.8. The zero-order chi connectivity index (χ0) is 16.4. The molecule has 124 valence electrons. The van der Waals surface area contributed by atoms with Crippen molar-refractivity contribution in [2.45, 2.75) is 32.5 Å². The second-order valence-electron chi connectivity index (χ2n) is 6.23. The average molecular weight is 318 g/mol.